The van der Waals surface area contributed by atoms with Crippen LogP contribution in [0.25, 0.3) is 0 Å². The maximum atomic E-state index is 11.0. The van der Waals surface area contributed by atoms with Crippen molar-refractivity contribution in [1.82, 2.24) is 9.80 Å². The van der Waals surface area contributed by atoms with Crippen LogP contribution < -0.4 is 4.74 Å². The fourth-order valence-corrected chi connectivity index (χ4v) is 4.26. The van der Waals surface area contributed by atoms with Gasteiger partial charge in [0.2, 0.25) is 0 Å². The molecule has 5 heteroatoms. The van der Waals surface area contributed by atoms with Crippen molar-refractivity contribution in [2.24, 2.45) is 0 Å². The molecule has 0 amide bonds. The number of carboxylic acids is 1. The van der Waals surface area contributed by atoms with Crippen LogP contribution in [0.1, 0.15) is 50.5 Å². The van der Waals surface area contributed by atoms with Crippen LogP contribution in [0.3, 0.4) is 0 Å². The van der Waals surface area contributed by atoms with Crippen LogP contribution in [-0.4, -0.2) is 59.7 Å². The molecule has 1 saturated heterocycles. The van der Waals surface area contributed by atoms with Crippen LogP contribution in [-0.2, 0) is 11.3 Å². The zero-order valence-corrected chi connectivity index (χ0v) is 15.9. The summed E-state index contributed by atoms with van der Waals surface area (Å²) in [6, 6.07) is 8.81. The van der Waals surface area contributed by atoms with E-state index in [0.29, 0.717) is 12.1 Å². The van der Waals surface area contributed by atoms with Gasteiger partial charge in [0.05, 0.1) is 12.6 Å². The molecule has 1 heterocycles. The molecule has 3 rings (SSSR count). The Morgan fingerprint density at radius 1 is 1.15 bits per heavy atom. The number of hydrogen-bond donors (Lipinski definition) is 1. The summed E-state index contributed by atoms with van der Waals surface area (Å²) in [6.07, 6.45) is 8.50. The first kappa shape index (κ1) is 19.2. The van der Waals surface area contributed by atoms with Gasteiger partial charge >= 0.3 is 5.97 Å². The van der Waals surface area contributed by atoms with Gasteiger partial charge in [-0.1, -0.05) is 18.2 Å². The van der Waals surface area contributed by atoms with Crippen LogP contribution in [0.15, 0.2) is 24.3 Å². The number of carbonyl (C=O) groups is 1. The van der Waals surface area contributed by atoms with Gasteiger partial charge in [0.1, 0.15) is 5.75 Å². The molecule has 0 bridgehead atoms. The topological polar surface area (TPSA) is 53.0 Å². The van der Waals surface area contributed by atoms with Crippen molar-refractivity contribution >= 4 is 5.97 Å². The first-order valence-corrected chi connectivity index (χ1v) is 10.0. The van der Waals surface area contributed by atoms with Gasteiger partial charge in [-0.25, -0.2) is 0 Å². The van der Waals surface area contributed by atoms with Crippen molar-refractivity contribution in [1.29, 1.82) is 0 Å². The smallest absolute Gasteiger partial charge is 0.317 e. The highest BCUT2D eigenvalue weighted by Gasteiger charge is 2.23. The second kappa shape index (κ2) is 9.38. The van der Waals surface area contributed by atoms with Gasteiger partial charge in [0.15, 0.2) is 0 Å². The number of hydrogen-bond acceptors (Lipinski definition) is 4. The second-order valence-electron chi connectivity index (χ2n) is 7.80. The lowest BCUT2D eigenvalue weighted by molar-refractivity contribution is -0.138. The third-order valence-corrected chi connectivity index (χ3v) is 5.76. The van der Waals surface area contributed by atoms with E-state index in [1.165, 1.54) is 31.2 Å². The lowest BCUT2D eigenvalue weighted by Crippen LogP contribution is -2.36. The largest absolute Gasteiger partial charge is 0.490 e. The van der Waals surface area contributed by atoms with Gasteiger partial charge in [0, 0.05) is 18.2 Å². The number of carboxylic acid groups (broad SMARTS) is 1. The number of ether oxygens (including phenoxy) is 1. The van der Waals surface area contributed by atoms with E-state index in [9.17, 15) is 4.79 Å². The van der Waals surface area contributed by atoms with Crippen LogP contribution >= 0.6 is 0 Å². The number of nitrogens with zero attached hydrogens (tertiary/aromatic N) is 2. The first-order chi connectivity index (χ1) is 12.6. The van der Waals surface area contributed by atoms with Gasteiger partial charge in [-0.2, -0.15) is 0 Å². The predicted octanol–water partition coefficient (Wildman–Crippen LogP) is 3.38. The Morgan fingerprint density at radius 2 is 1.92 bits per heavy atom. The average Bonchev–Trinajstić information content (AvgIpc) is 3.00. The van der Waals surface area contributed by atoms with Gasteiger partial charge in [-0.3, -0.25) is 14.6 Å². The summed E-state index contributed by atoms with van der Waals surface area (Å²) in [4.78, 5) is 15.4. The minimum Gasteiger partial charge on any atom is -0.490 e. The number of rotatable bonds is 7. The Hall–Kier alpha value is -1.59. The Balaban J connectivity index is 1.56. The minimum atomic E-state index is -0.744. The molecule has 144 valence electrons. The van der Waals surface area contributed by atoms with E-state index in [0.717, 1.165) is 44.6 Å². The summed E-state index contributed by atoms with van der Waals surface area (Å²) in [7, 11) is 1.93. The molecule has 1 atom stereocenters. The number of likely N-dealkylation sites (tertiary alicyclic amines) is 1. The normalized spacial score (nSPS) is 22.5. The van der Waals surface area contributed by atoms with Crippen LogP contribution in [0.5, 0.6) is 5.75 Å². The lowest BCUT2D eigenvalue weighted by Gasteiger charge is -2.26. The van der Waals surface area contributed by atoms with E-state index in [1.807, 2.05) is 11.9 Å². The molecule has 0 spiro atoms. The Bertz CT molecular complexity index is 586. The van der Waals surface area contributed by atoms with Crippen LogP contribution in [0.2, 0.25) is 0 Å². The number of likely N-dealkylation sites (N-methyl/N-ethyl adjacent to an activating group) is 1. The quantitative estimate of drug-likeness (QED) is 0.808. The first-order valence-electron chi connectivity index (χ1n) is 10.0. The number of benzene rings is 1. The molecule has 5 nitrogen and oxygen atoms in total. The van der Waals surface area contributed by atoms with Crippen molar-refractivity contribution in [3.63, 3.8) is 0 Å². The average molecular weight is 360 g/mol. The highest BCUT2D eigenvalue weighted by atomic mass is 16.5. The van der Waals surface area contributed by atoms with Crippen molar-refractivity contribution in [3.05, 3.63) is 29.8 Å². The zero-order valence-electron chi connectivity index (χ0n) is 15.9. The summed E-state index contributed by atoms with van der Waals surface area (Å²) >= 11 is 0. The molecule has 0 aromatic heterocycles. The Kier molecular flexibility index (Phi) is 6.92. The van der Waals surface area contributed by atoms with E-state index in [-0.39, 0.29) is 6.54 Å². The summed E-state index contributed by atoms with van der Waals surface area (Å²) in [5.74, 6) is 0.301. The van der Waals surface area contributed by atoms with Gasteiger partial charge in [-0.15, -0.1) is 0 Å². The zero-order chi connectivity index (χ0) is 18.4. The maximum Gasteiger partial charge on any atom is 0.317 e. The third-order valence-electron chi connectivity index (χ3n) is 5.76. The molecule has 1 aromatic carbocycles. The Morgan fingerprint density at radius 3 is 2.69 bits per heavy atom. The highest BCUT2D eigenvalue weighted by Crippen LogP contribution is 2.28. The summed E-state index contributed by atoms with van der Waals surface area (Å²) < 4.78 is 6.28. The van der Waals surface area contributed by atoms with Gasteiger partial charge in [0.25, 0.3) is 0 Å². The van der Waals surface area contributed by atoms with Crippen molar-refractivity contribution in [2.75, 3.05) is 26.7 Å². The van der Waals surface area contributed by atoms with Crippen molar-refractivity contribution < 1.29 is 14.6 Å². The van der Waals surface area contributed by atoms with Crippen molar-refractivity contribution in [2.45, 2.75) is 63.6 Å². The standard InChI is InChI=1S/C21H32N2O3/c1-22(16-21(24)25)18-8-6-13-23(14-12-18)15-17-7-2-5-11-20(17)26-19-9-3-4-10-19/h2,5,7,11,18-19H,3-4,6,8-10,12-16H2,1H3,(H,24,25). The Labute approximate surface area is 156 Å². The van der Waals surface area contributed by atoms with Crippen molar-refractivity contribution in [3.8, 4) is 5.75 Å². The van der Waals surface area contributed by atoms with E-state index in [4.69, 9.17) is 9.84 Å². The molecule has 1 aliphatic heterocycles. The molecular formula is C21H32N2O3. The molecule has 1 saturated carbocycles. The predicted molar refractivity (Wildman–Crippen MR) is 103 cm³/mol. The molecule has 1 N–H and O–H groups in total. The molecule has 1 aliphatic carbocycles. The summed E-state index contributed by atoms with van der Waals surface area (Å²) in [5.41, 5.74) is 1.27. The van der Waals surface area contributed by atoms with Crippen LogP contribution in [0.4, 0.5) is 0 Å². The fraction of sp³-hybridized carbons (Fsp3) is 0.667. The third kappa shape index (κ3) is 5.45. The number of para-hydroxylation sites is 1. The SMILES string of the molecule is CN(CC(=O)O)C1CCCN(Cc2ccccc2OC2CCCC2)CC1. The summed E-state index contributed by atoms with van der Waals surface area (Å²) in [5, 5.41) is 9.01. The molecule has 0 radical (unpaired) electrons. The van der Waals surface area contributed by atoms with E-state index >= 15 is 0 Å². The monoisotopic (exact) mass is 360 g/mol. The highest BCUT2D eigenvalue weighted by molar-refractivity contribution is 5.69. The van der Waals surface area contributed by atoms with Gasteiger partial charge < -0.3 is 9.84 Å². The summed E-state index contributed by atoms with van der Waals surface area (Å²) in [6.45, 7) is 3.11. The molecule has 2 aliphatic rings. The van der Waals surface area contributed by atoms with E-state index in [1.54, 1.807) is 0 Å². The molecular weight excluding hydrogens is 328 g/mol. The maximum absolute atomic E-state index is 11.0. The number of aliphatic carboxylic acids is 1. The molecule has 26 heavy (non-hydrogen) atoms. The molecule has 2 fully saturated rings. The second-order valence-corrected chi connectivity index (χ2v) is 7.80. The van der Waals surface area contributed by atoms with Gasteiger partial charge in [-0.05, 0) is 71.1 Å². The minimum absolute atomic E-state index is 0.128. The van der Waals surface area contributed by atoms with E-state index in [2.05, 4.69) is 29.2 Å². The van der Waals surface area contributed by atoms with Crippen LogP contribution in [0, 0.1) is 0 Å². The fourth-order valence-electron chi connectivity index (χ4n) is 4.26. The molecule has 1 aromatic rings. The lowest BCUT2D eigenvalue weighted by atomic mass is 10.1. The molecule has 1 unspecified atom stereocenters. The van der Waals surface area contributed by atoms with E-state index < -0.39 is 5.97 Å².